The summed E-state index contributed by atoms with van der Waals surface area (Å²) in [5, 5.41) is 3.18. The Kier molecular flexibility index (Phi) is 8.50. The minimum absolute atomic E-state index is 0.00747. The predicted molar refractivity (Wildman–Crippen MR) is 124 cm³/mol. The average molecular weight is 471 g/mol. The van der Waals surface area contributed by atoms with E-state index in [2.05, 4.69) is 21.2 Å². The first kappa shape index (κ1) is 22.5. The van der Waals surface area contributed by atoms with Crippen molar-refractivity contribution < 1.29 is 9.59 Å². The molecule has 0 radical (unpaired) electrons. The summed E-state index contributed by atoms with van der Waals surface area (Å²) in [5.74, 6) is -0.0415. The molecular formula is C25H31BrN2O2. The number of rotatable bonds is 8. The van der Waals surface area contributed by atoms with Crippen molar-refractivity contribution >= 4 is 27.7 Å². The van der Waals surface area contributed by atoms with Crippen LogP contribution < -0.4 is 5.32 Å². The topological polar surface area (TPSA) is 49.4 Å². The summed E-state index contributed by atoms with van der Waals surface area (Å²) >= 11 is 3.45. The molecule has 1 N–H and O–H groups in total. The Morgan fingerprint density at radius 1 is 1.00 bits per heavy atom. The SMILES string of the molecule is CC(C(=O)NC1CCCCC1)N(Cc1ccc(Br)cc1)C(=O)CCc1ccccc1. The number of aryl methyl sites for hydroxylation is 1. The molecule has 0 spiro atoms. The van der Waals surface area contributed by atoms with E-state index < -0.39 is 6.04 Å². The molecule has 1 aliphatic carbocycles. The van der Waals surface area contributed by atoms with Gasteiger partial charge >= 0.3 is 0 Å². The zero-order chi connectivity index (χ0) is 21.3. The second-order valence-electron chi connectivity index (χ2n) is 8.15. The molecule has 1 saturated carbocycles. The van der Waals surface area contributed by atoms with Gasteiger partial charge in [-0.1, -0.05) is 77.7 Å². The monoisotopic (exact) mass is 470 g/mol. The Morgan fingerprint density at radius 2 is 1.67 bits per heavy atom. The summed E-state index contributed by atoms with van der Waals surface area (Å²) in [7, 11) is 0. The highest BCUT2D eigenvalue weighted by atomic mass is 79.9. The van der Waals surface area contributed by atoms with Gasteiger partial charge in [0.15, 0.2) is 0 Å². The number of halogens is 1. The van der Waals surface area contributed by atoms with Crippen molar-refractivity contribution in [1.82, 2.24) is 10.2 Å². The van der Waals surface area contributed by atoms with Crippen LogP contribution in [-0.4, -0.2) is 28.8 Å². The molecular weight excluding hydrogens is 440 g/mol. The lowest BCUT2D eigenvalue weighted by molar-refractivity contribution is -0.141. The van der Waals surface area contributed by atoms with Gasteiger partial charge in [-0.25, -0.2) is 0 Å². The number of hydrogen-bond acceptors (Lipinski definition) is 2. The van der Waals surface area contributed by atoms with Crippen LogP contribution in [0.25, 0.3) is 0 Å². The lowest BCUT2D eigenvalue weighted by atomic mass is 9.95. The molecule has 0 saturated heterocycles. The van der Waals surface area contributed by atoms with Gasteiger partial charge in [0.1, 0.15) is 6.04 Å². The maximum atomic E-state index is 13.2. The molecule has 5 heteroatoms. The van der Waals surface area contributed by atoms with Crippen LogP contribution >= 0.6 is 15.9 Å². The van der Waals surface area contributed by atoms with Gasteiger partial charge in [-0.3, -0.25) is 9.59 Å². The van der Waals surface area contributed by atoms with Gasteiger partial charge in [-0.05, 0) is 49.4 Å². The highest BCUT2D eigenvalue weighted by Crippen LogP contribution is 2.19. The van der Waals surface area contributed by atoms with Gasteiger partial charge < -0.3 is 10.2 Å². The fourth-order valence-electron chi connectivity index (χ4n) is 3.98. The van der Waals surface area contributed by atoms with E-state index in [9.17, 15) is 9.59 Å². The fraction of sp³-hybridized carbons (Fsp3) is 0.440. The second-order valence-corrected chi connectivity index (χ2v) is 9.07. The first-order valence-corrected chi connectivity index (χ1v) is 11.7. The molecule has 160 valence electrons. The van der Waals surface area contributed by atoms with Crippen molar-refractivity contribution in [3.05, 3.63) is 70.2 Å². The summed E-state index contributed by atoms with van der Waals surface area (Å²) in [6.07, 6.45) is 6.71. The second kappa shape index (κ2) is 11.3. The number of hydrogen-bond donors (Lipinski definition) is 1. The van der Waals surface area contributed by atoms with Crippen molar-refractivity contribution in [1.29, 1.82) is 0 Å². The normalized spacial score (nSPS) is 15.4. The first-order chi connectivity index (χ1) is 14.5. The number of benzene rings is 2. The van der Waals surface area contributed by atoms with Crippen molar-refractivity contribution in [2.75, 3.05) is 0 Å². The maximum Gasteiger partial charge on any atom is 0.242 e. The minimum Gasteiger partial charge on any atom is -0.352 e. The molecule has 3 rings (SSSR count). The molecule has 2 amide bonds. The summed E-state index contributed by atoms with van der Waals surface area (Å²) in [4.78, 5) is 27.9. The van der Waals surface area contributed by atoms with E-state index in [-0.39, 0.29) is 17.9 Å². The summed E-state index contributed by atoms with van der Waals surface area (Å²) in [6, 6.07) is 17.7. The average Bonchev–Trinajstić information content (AvgIpc) is 2.78. The Labute approximate surface area is 188 Å². The first-order valence-electron chi connectivity index (χ1n) is 10.9. The van der Waals surface area contributed by atoms with E-state index in [0.717, 1.165) is 41.3 Å². The Hall–Kier alpha value is -2.14. The molecule has 2 aromatic rings. The zero-order valence-corrected chi connectivity index (χ0v) is 19.2. The lowest BCUT2D eigenvalue weighted by Gasteiger charge is -2.31. The third-order valence-electron chi connectivity index (χ3n) is 5.86. The lowest BCUT2D eigenvalue weighted by Crippen LogP contribution is -2.50. The maximum absolute atomic E-state index is 13.2. The van der Waals surface area contributed by atoms with Crippen LogP contribution in [0.1, 0.15) is 56.6 Å². The highest BCUT2D eigenvalue weighted by molar-refractivity contribution is 9.10. The van der Waals surface area contributed by atoms with Crippen molar-refractivity contribution in [3.63, 3.8) is 0 Å². The largest absolute Gasteiger partial charge is 0.352 e. The third-order valence-corrected chi connectivity index (χ3v) is 6.38. The van der Waals surface area contributed by atoms with Gasteiger partial charge in [0, 0.05) is 23.5 Å². The number of carbonyl (C=O) groups is 2. The molecule has 0 aromatic heterocycles. The van der Waals surface area contributed by atoms with Gasteiger partial charge in [0.25, 0.3) is 0 Å². The molecule has 0 aliphatic heterocycles. The van der Waals surface area contributed by atoms with E-state index in [1.807, 2.05) is 61.5 Å². The van der Waals surface area contributed by atoms with Crippen LogP contribution in [0.5, 0.6) is 0 Å². The molecule has 4 nitrogen and oxygen atoms in total. The molecule has 0 heterocycles. The van der Waals surface area contributed by atoms with E-state index in [1.54, 1.807) is 4.90 Å². The van der Waals surface area contributed by atoms with Crippen LogP contribution in [0.3, 0.4) is 0 Å². The van der Waals surface area contributed by atoms with Gasteiger partial charge in [-0.15, -0.1) is 0 Å². The Bertz CT molecular complexity index is 817. The van der Waals surface area contributed by atoms with E-state index in [1.165, 1.54) is 6.42 Å². The predicted octanol–water partition coefficient (Wildman–Crippen LogP) is 5.25. The van der Waals surface area contributed by atoms with Crippen LogP contribution in [0, 0.1) is 0 Å². The number of nitrogens with zero attached hydrogens (tertiary/aromatic N) is 1. The molecule has 1 aliphatic rings. The Balaban J connectivity index is 1.68. The smallest absolute Gasteiger partial charge is 0.242 e. The number of amides is 2. The molecule has 1 atom stereocenters. The van der Waals surface area contributed by atoms with Crippen molar-refractivity contribution in [2.24, 2.45) is 0 Å². The summed E-state index contributed by atoms with van der Waals surface area (Å²) in [5.41, 5.74) is 2.15. The van der Waals surface area contributed by atoms with Crippen LogP contribution in [0.15, 0.2) is 59.1 Å². The van der Waals surface area contributed by atoms with Gasteiger partial charge in [0.05, 0.1) is 0 Å². The molecule has 1 fully saturated rings. The zero-order valence-electron chi connectivity index (χ0n) is 17.6. The van der Waals surface area contributed by atoms with Crippen molar-refractivity contribution in [3.8, 4) is 0 Å². The molecule has 2 aromatic carbocycles. The quantitative estimate of drug-likeness (QED) is 0.572. The van der Waals surface area contributed by atoms with Gasteiger partial charge in [-0.2, -0.15) is 0 Å². The van der Waals surface area contributed by atoms with Crippen LogP contribution in [-0.2, 0) is 22.6 Å². The number of carbonyl (C=O) groups excluding carboxylic acids is 2. The molecule has 0 bridgehead atoms. The van der Waals surface area contributed by atoms with E-state index in [4.69, 9.17) is 0 Å². The standard InChI is InChI=1S/C25H31BrN2O2/c1-19(25(30)27-23-10-6-3-7-11-23)28(18-21-12-15-22(26)16-13-21)24(29)17-14-20-8-4-2-5-9-20/h2,4-5,8-9,12-13,15-16,19,23H,3,6-7,10-11,14,17-18H2,1H3,(H,27,30). The van der Waals surface area contributed by atoms with Crippen LogP contribution in [0.2, 0.25) is 0 Å². The fourth-order valence-corrected chi connectivity index (χ4v) is 4.24. The number of nitrogens with one attached hydrogen (secondary N) is 1. The Morgan fingerprint density at radius 3 is 2.33 bits per heavy atom. The van der Waals surface area contributed by atoms with Crippen LogP contribution in [0.4, 0.5) is 0 Å². The molecule has 30 heavy (non-hydrogen) atoms. The third kappa shape index (κ3) is 6.69. The van der Waals surface area contributed by atoms with Crippen molar-refractivity contribution in [2.45, 2.75) is 70.5 Å². The molecule has 1 unspecified atom stereocenters. The highest BCUT2D eigenvalue weighted by Gasteiger charge is 2.27. The summed E-state index contributed by atoms with van der Waals surface area (Å²) in [6.45, 7) is 2.28. The van der Waals surface area contributed by atoms with E-state index >= 15 is 0 Å². The van der Waals surface area contributed by atoms with Gasteiger partial charge in [0.2, 0.25) is 11.8 Å². The minimum atomic E-state index is -0.501. The summed E-state index contributed by atoms with van der Waals surface area (Å²) < 4.78 is 0.997. The van der Waals surface area contributed by atoms with E-state index in [0.29, 0.717) is 19.4 Å².